The van der Waals surface area contributed by atoms with Crippen LogP contribution in [0.5, 0.6) is 5.75 Å². The van der Waals surface area contributed by atoms with E-state index in [0.29, 0.717) is 29.9 Å². The van der Waals surface area contributed by atoms with Gasteiger partial charge >= 0.3 is 0 Å². The number of fused-ring (bicyclic) bond motifs is 4. The minimum Gasteiger partial charge on any atom is -0.490 e. The maximum absolute atomic E-state index is 13.6. The van der Waals surface area contributed by atoms with Gasteiger partial charge in [0.25, 0.3) is 5.91 Å². The third-order valence-electron chi connectivity index (χ3n) is 13.3. The number of hydrogen-bond donors (Lipinski definition) is 1. The van der Waals surface area contributed by atoms with Crippen LogP contribution in [-0.4, -0.2) is 88.3 Å². The number of amides is 1. The molecular weight excluding hydrogens is 656 g/mol. The number of likely N-dealkylation sites (tertiary alicyclic amines) is 1. The van der Waals surface area contributed by atoms with Crippen LogP contribution in [0.15, 0.2) is 36.4 Å². The number of carbonyl (C=O) groups is 1. The van der Waals surface area contributed by atoms with E-state index in [1.54, 1.807) is 13.0 Å². The lowest BCUT2D eigenvalue weighted by Gasteiger charge is -2.54. The molecular formula is C39H55ClN4O4S. The Bertz CT molecular complexity index is 1680. The van der Waals surface area contributed by atoms with Gasteiger partial charge in [0.05, 0.1) is 17.5 Å². The van der Waals surface area contributed by atoms with Crippen molar-refractivity contribution in [3.63, 3.8) is 0 Å². The molecule has 1 saturated heterocycles. The fourth-order valence-corrected chi connectivity index (χ4v) is 11.1. The highest BCUT2D eigenvalue weighted by atomic mass is 35.5. The lowest BCUT2D eigenvalue weighted by atomic mass is 9.64. The van der Waals surface area contributed by atoms with Crippen molar-refractivity contribution >= 4 is 33.2 Å². The zero-order valence-electron chi connectivity index (χ0n) is 30.0. The molecule has 268 valence electrons. The van der Waals surface area contributed by atoms with Crippen molar-refractivity contribution in [1.29, 1.82) is 0 Å². The van der Waals surface area contributed by atoms with Gasteiger partial charge in [-0.2, -0.15) is 0 Å². The molecule has 10 heteroatoms. The first-order valence-corrected chi connectivity index (χ1v) is 20.5. The van der Waals surface area contributed by atoms with E-state index in [2.05, 4.69) is 52.6 Å². The van der Waals surface area contributed by atoms with Crippen molar-refractivity contribution < 1.29 is 17.9 Å². The molecule has 8 nitrogen and oxygen atoms in total. The average molecular weight is 711 g/mol. The van der Waals surface area contributed by atoms with Gasteiger partial charge in [0.15, 0.2) is 0 Å². The highest BCUT2D eigenvalue weighted by Gasteiger charge is 2.47. The monoisotopic (exact) mass is 710 g/mol. The number of nitrogens with one attached hydrogen (secondary N) is 1. The number of halogens is 1. The van der Waals surface area contributed by atoms with E-state index in [-0.39, 0.29) is 16.9 Å². The van der Waals surface area contributed by atoms with Gasteiger partial charge in [0.1, 0.15) is 5.75 Å². The summed E-state index contributed by atoms with van der Waals surface area (Å²) in [5, 5.41) is 0.0974. The van der Waals surface area contributed by atoms with Crippen molar-refractivity contribution in [2.45, 2.75) is 88.3 Å². The predicted octanol–water partition coefficient (Wildman–Crippen LogP) is 6.36. The van der Waals surface area contributed by atoms with Crippen LogP contribution in [0.3, 0.4) is 0 Å². The predicted molar refractivity (Wildman–Crippen MR) is 197 cm³/mol. The van der Waals surface area contributed by atoms with E-state index in [1.807, 2.05) is 25.1 Å². The van der Waals surface area contributed by atoms with Gasteiger partial charge in [-0.05, 0) is 138 Å². The van der Waals surface area contributed by atoms with Gasteiger partial charge in [-0.1, -0.05) is 31.0 Å². The number of rotatable bonds is 3. The number of nitrogens with zero attached hydrogens (tertiary/aromatic N) is 3. The number of benzene rings is 2. The van der Waals surface area contributed by atoms with E-state index < -0.39 is 21.2 Å². The molecule has 5 aliphatic rings. The lowest BCUT2D eigenvalue weighted by Crippen LogP contribution is -2.67. The fourth-order valence-electron chi connectivity index (χ4n) is 9.61. The Labute approximate surface area is 298 Å². The summed E-state index contributed by atoms with van der Waals surface area (Å²) in [5.41, 5.74) is 3.88. The maximum Gasteiger partial charge on any atom is 0.264 e. The number of carbonyl (C=O) groups excluding carboxylic acids is 1. The van der Waals surface area contributed by atoms with E-state index in [9.17, 15) is 13.2 Å². The molecule has 6 atom stereocenters. The lowest BCUT2D eigenvalue weighted by molar-refractivity contribution is -0.0405. The molecule has 0 aromatic heterocycles. The summed E-state index contributed by atoms with van der Waals surface area (Å²) in [6.07, 6.45) is 8.45. The Balaban J connectivity index is 1.25. The second kappa shape index (κ2) is 13.3. The molecule has 1 N–H and O–H groups in total. The van der Waals surface area contributed by atoms with E-state index >= 15 is 0 Å². The topological polar surface area (TPSA) is 82.2 Å². The van der Waals surface area contributed by atoms with Crippen molar-refractivity contribution in [3.8, 4) is 5.75 Å². The third-order valence-corrected chi connectivity index (χ3v) is 15.4. The summed E-state index contributed by atoms with van der Waals surface area (Å²) < 4.78 is 36.1. The van der Waals surface area contributed by atoms with Gasteiger partial charge in [-0.15, -0.1) is 0 Å². The number of hydrogen-bond acceptors (Lipinski definition) is 7. The van der Waals surface area contributed by atoms with Crippen LogP contribution in [0.25, 0.3) is 0 Å². The zero-order chi connectivity index (χ0) is 34.7. The molecule has 1 spiro atoms. The number of ether oxygens (including phenoxy) is 1. The SMILES string of the molecule is C[C@@H]1[C@@H](C)CCC[C@H](CN2CC(C)(N(C)C)C2)[C@@H]2CC[C@H]2CN2C[C@@]3(CCCc4cc(Cl)ccc43)COc3ccc(cc32)C(=O)NS1(=O)=O. The summed E-state index contributed by atoms with van der Waals surface area (Å²) >= 11 is 6.48. The molecule has 3 heterocycles. The molecule has 2 aromatic carbocycles. The number of anilines is 1. The fraction of sp³-hybridized carbons (Fsp3) is 0.667. The molecule has 0 unspecified atom stereocenters. The quantitative estimate of drug-likeness (QED) is 0.397. The van der Waals surface area contributed by atoms with Gasteiger partial charge in [0.2, 0.25) is 10.0 Å². The molecule has 3 aliphatic heterocycles. The minimum absolute atomic E-state index is 0.0579. The molecule has 1 amide bonds. The Hall–Kier alpha value is -2.33. The van der Waals surface area contributed by atoms with Crippen molar-refractivity contribution in [2.24, 2.45) is 23.7 Å². The molecule has 2 aliphatic carbocycles. The highest BCUT2D eigenvalue weighted by molar-refractivity contribution is 7.90. The minimum atomic E-state index is -3.86. The van der Waals surface area contributed by atoms with E-state index in [0.717, 1.165) is 87.7 Å². The van der Waals surface area contributed by atoms with Crippen LogP contribution < -0.4 is 14.4 Å². The second-order valence-electron chi connectivity index (χ2n) is 16.7. The Morgan fingerprint density at radius 2 is 1.82 bits per heavy atom. The Morgan fingerprint density at radius 1 is 1.02 bits per heavy atom. The Kier molecular flexibility index (Phi) is 9.55. The normalized spacial score (nSPS) is 32.9. The summed E-state index contributed by atoms with van der Waals surface area (Å²) in [7, 11) is 0.509. The van der Waals surface area contributed by atoms with Gasteiger partial charge in [0, 0.05) is 54.3 Å². The van der Waals surface area contributed by atoms with Gasteiger partial charge < -0.3 is 14.5 Å². The molecule has 7 rings (SSSR count). The van der Waals surface area contributed by atoms with Crippen LogP contribution in [0.2, 0.25) is 5.02 Å². The smallest absolute Gasteiger partial charge is 0.264 e. The molecule has 0 radical (unpaired) electrons. The average Bonchev–Trinajstić information content (AvgIpc) is 3.17. The van der Waals surface area contributed by atoms with E-state index in [1.165, 1.54) is 24.0 Å². The number of sulfonamides is 1. The summed E-state index contributed by atoms with van der Waals surface area (Å²) in [5.74, 6) is 1.85. The Morgan fingerprint density at radius 3 is 2.55 bits per heavy atom. The van der Waals surface area contributed by atoms with Crippen molar-refractivity contribution in [2.75, 3.05) is 58.3 Å². The van der Waals surface area contributed by atoms with Crippen molar-refractivity contribution in [1.82, 2.24) is 14.5 Å². The second-order valence-corrected chi connectivity index (χ2v) is 19.2. The summed E-state index contributed by atoms with van der Waals surface area (Å²) in [6.45, 7) is 11.6. The standard InChI is InChI=1S/C39H55ClN4O4S/c1-26-8-6-9-30(20-43-22-38(3,23-43)42(4)5)33-14-11-31(33)21-44-24-39(17-7-10-28-18-32(40)13-15-34(28)39)25-48-36-16-12-29(19-35(36)44)37(45)41-49(46,47)27(26)2/h12-13,15-16,18-19,26-27,30-31,33H,6-11,14,17,20-25H2,1-5H3,(H,41,45)/t26-,27+,30+,31-,33-,39-/m0/s1. The van der Waals surface area contributed by atoms with Crippen LogP contribution in [0.4, 0.5) is 5.69 Å². The molecule has 1 saturated carbocycles. The molecule has 2 bridgehead atoms. The van der Waals surface area contributed by atoms with Gasteiger partial charge in [-0.3, -0.25) is 9.69 Å². The number of aryl methyl sites for hydroxylation is 1. The first-order valence-electron chi connectivity index (χ1n) is 18.5. The largest absolute Gasteiger partial charge is 0.490 e. The first kappa shape index (κ1) is 35.1. The molecule has 2 aromatic rings. The summed E-state index contributed by atoms with van der Waals surface area (Å²) in [4.78, 5) is 21.1. The first-order chi connectivity index (χ1) is 23.3. The van der Waals surface area contributed by atoms with Crippen molar-refractivity contribution in [3.05, 3.63) is 58.1 Å². The number of likely N-dealkylation sites (N-methyl/N-ethyl adjacent to an activating group) is 1. The zero-order valence-corrected chi connectivity index (χ0v) is 31.6. The van der Waals surface area contributed by atoms with E-state index in [4.69, 9.17) is 16.3 Å². The summed E-state index contributed by atoms with van der Waals surface area (Å²) in [6, 6.07) is 11.8. The van der Waals surface area contributed by atoms with Crippen LogP contribution in [0, 0.1) is 23.7 Å². The van der Waals surface area contributed by atoms with Crippen LogP contribution >= 0.6 is 11.6 Å². The third kappa shape index (κ3) is 6.74. The highest BCUT2D eigenvalue weighted by Crippen LogP contribution is 2.48. The van der Waals surface area contributed by atoms with Crippen LogP contribution in [0.1, 0.15) is 87.2 Å². The molecule has 49 heavy (non-hydrogen) atoms. The molecule has 2 fully saturated rings. The van der Waals surface area contributed by atoms with Crippen LogP contribution in [-0.2, 0) is 21.9 Å². The maximum atomic E-state index is 13.6. The van der Waals surface area contributed by atoms with Gasteiger partial charge in [-0.25, -0.2) is 13.1 Å².